The van der Waals surface area contributed by atoms with Crippen molar-refractivity contribution in [2.45, 2.75) is 17.4 Å². The molecule has 0 aromatic heterocycles. The van der Waals surface area contributed by atoms with Gasteiger partial charge in [-0.2, -0.15) is 4.31 Å². The van der Waals surface area contributed by atoms with E-state index in [1.54, 1.807) is 0 Å². The summed E-state index contributed by atoms with van der Waals surface area (Å²) in [6.07, 6.45) is -4.59. The lowest BCUT2D eigenvalue weighted by Crippen LogP contribution is -2.45. The summed E-state index contributed by atoms with van der Waals surface area (Å²) in [4.78, 5) is 10.7. The summed E-state index contributed by atoms with van der Waals surface area (Å²) in [5.41, 5.74) is 0. The zero-order valence-electron chi connectivity index (χ0n) is 14.0. The number of halogens is 3. The Morgan fingerprint density at radius 1 is 1.33 bits per heavy atom. The Bertz CT molecular complexity index is 806. The number of ether oxygens (including phenoxy) is 3. The molecule has 27 heavy (non-hydrogen) atoms. The van der Waals surface area contributed by atoms with Crippen molar-refractivity contribution in [2.75, 3.05) is 26.8 Å². The number of nitrogens with zero attached hydrogens (tertiary/aromatic N) is 1. The molecule has 1 aliphatic heterocycles. The van der Waals surface area contributed by atoms with Gasteiger partial charge < -0.3 is 19.3 Å². The van der Waals surface area contributed by atoms with Gasteiger partial charge in [-0.25, -0.2) is 13.2 Å². The average molecular weight is 411 g/mol. The molecule has 1 heterocycles. The van der Waals surface area contributed by atoms with Crippen LogP contribution in [0.3, 0.4) is 0 Å². The number of hydrogen-bond donors (Lipinski definition) is 1. The van der Waals surface area contributed by atoms with E-state index in [1.165, 1.54) is 0 Å². The van der Waals surface area contributed by atoms with E-state index in [4.69, 9.17) is 9.84 Å². The number of benzene rings is 1. The summed E-state index contributed by atoms with van der Waals surface area (Å²) in [6.45, 7) is -0.168. The Balaban J connectivity index is 2.17. The van der Waals surface area contributed by atoms with Crippen molar-refractivity contribution in [1.82, 2.24) is 4.31 Å². The van der Waals surface area contributed by atoms with E-state index in [-0.39, 0.29) is 24.6 Å². The van der Waals surface area contributed by atoms with Gasteiger partial charge in [0.2, 0.25) is 15.8 Å². The van der Waals surface area contributed by atoms with E-state index in [2.05, 4.69) is 9.47 Å². The van der Waals surface area contributed by atoms with Crippen LogP contribution in [0.25, 0.3) is 0 Å². The van der Waals surface area contributed by atoms with Crippen molar-refractivity contribution in [2.24, 2.45) is 0 Å². The van der Waals surface area contributed by atoms with Crippen molar-refractivity contribution >= 4 is 16.0 Å². The number of carboxylic acids is 1. The minimum Gasteiger partial charge on any atom is -0.490 e. The molecule has 0 amide bonds. The van der Waals surface area contributed by atoms with Gasteiger partial charge in [0.1, 0.15) is 5.75 Å². The molecule has 1 unspecified atom stereocenters. The number of morpholine rings is 1. The van der Waals surface area contributed by atoms with E-state index in [0.29, 0.717) is 0 Å². The Hall–Kier alpha value is -2.31. The minimum atomic E-state index is -4.88. The molecule has 0 bridgehead atoms. The lowest BCUT2D eigenvalue weighted by Gasteiger charge is -2.30. The predicted molar refractivity (Wildman–Crippen MR) is 84.4 cm³/mol. The lowest BCUT2D eigenvalue weighted by molar-refractivity contribution is -0.274. The summed E-state index contributed by atoms with van der Waals surface area (Å²) < 4.78 is 76.6. The normalized spacial score (nSPS) is 19.6. The van der Waals surface area contributed by atoms with Crippen LogP contribution in [0.1, 0.15) is 0 Å². The maximum atomic E-state index is 12.7. The Morgan fingerprint density at radius 3 is 2.48 bits per heavy atom. The van der Waals surface area contributed by atoms with E-state index in [9.17, 15) is 26.4 Å². The highest BCUT2D eigenvalue weighted by molar-refractivity contribution is 7.89. The molecule has 1 aromatic rings. The highest BCUT2D eigenvalue weighted by Crippen LogP contribution is 2.26. The molecule has 2 rings (SSSR count). The first-order chi connectivity index (χ1) is 12.5. The highest BCUT2D eigenvalue weighted by Gasteiger charge is 2.33. The highest BCUT2D eigenvalue weighted by atomic mass is 32.2. The third-order valence-electron chi connectivity index (χ3n) is 3.52. The number of alkyl halides is 3. The molecule has 0 radical (unpaired) electrons. The molecule has 0 aliphatic carbocycles. The van der Waals surface area contributed by atoms with Gasteiger partial charge in [-0.3, -0.25) is 0 Å². The molecule has 1 aliphatic rings. The van der Waals surface area contributed by atoms with E-state index in [1.807, 2.05) is 0 Å². The van der Waals surface area contributed by atoms with Crippen LogP contribution in [0.4, 0.5) is 13.2 Å². The Morgan fingerprint density at radius 2 is 1.96 bits per heavy atom. The zero-order chi connectivity index (χ0) is 20.2. The third-order valence-corrected chi connectivity index (χ3v) is 5.40. The Kier molecular flexibility index (Phi) is 6.34. The van der Waals surface area contributed by atoms with Gasteiger partial charge in [0.25, 0.3) is 0 Å². The fourth-order valence-corrected chi connectivity index (χ4v) is 3.76. The van der Waals surface area contributed by atoms with E-state index in [0.717, 1.165) is 41.8 Å². The van der Waals surface area contributed by atoms with Gasteiger partial charge >= 0.3 is 12.3 Å². The minimum absolute atomic E-state index is 0.00284. The summed E-state index contributed by atoms with van der Waals surface area (Å²) >= 11 is 0. The number of sulfonamides is 1. The number of carbonyl (C=O) groups is 1. The van der Waals surface area contributed by atoms with Crippen LogP contribution in [-0.2, 0) is 24.3 Å². The number of carboxylic acid groups (broad SMARTS) is 1. The molecule has 0 saturated carbocycles. The molecule has 1 saturated heterocycles. The summed E-state index contributed by atoms with van der Waals surface area (Å²) in [6, 6.07) is 3.78. The molecule has 1 atom stereocenters. The first-order valence-electron chi connectivity index (χ1n) is 7.49. The fourth-order valence-electron chi connectivity index (χ4n) is 2.33. The number of hydrogen-bond acceptors (Lipinski definition) is 6. The molecule has 8 nitrogen and oxygen atoms in total. The van der Waals surface area contributed by atoms with Gasteiger partial charge in [0, 0.05) is 13.1 Å². The predicted octanol–water partition coefficient (Wildman–Crippen LogP) is 1.59. The first-order valence-corrected chi connectivity index (χ1v) is 8.93. The van der Waals surface area contributed by atoms with Crippen LogP contribution in [0.5, 0.6) is 5.75 Å². The van der Waals surface area contributed by atoms with Gasteiger partial charge in [-0.15, -0.1) is 13.2 Å². The van der Waals surface area contributed by atoms with Crippen LogP contribution in [0.15, 0.2) is 41.0 Å². The van der Waals surface area contributed by atoms with Crippen LogP contribution in [-0.4, -0.2) is 63.1 Å². The van der Waals surface area contributed by atoms with E-state index >= 15 is 0 Å². The van der Waals surface area contributed by atoms with Gasteiger partial charge in [-0.1, -0.05) is 0 Å². The molecule has 1 aromatic carbocycles. The first kappa shape index (κ1) is 21.0. The zero-order valence-corrected chi connectivity index (χ0v) is 14.8. The van der Waals surface area contributed by atoms with Crippen LogP contribution < -0.4 is 4.74 Å². The summed E-state index contributed by atoms with van der Waals surface area (Å²) in [5.74, 6) is -2.27. The van der Waals surface area contributed by atoms with Gasteiger partial charge in [0.15, 0.2) is 0 Å². The molecular formula is C15H16F3NO7S. The van der Waals surface area contributed by atoms with Crippen molar-refractivity contribution in [1.29, 1.82) is 0 Å². The second kappa shape index (κ2) is 8.15. The van der Waals surface area contributed by atoms with Crippen molar-refractivity contribution < 1.29 is 45.7 Å². The SMILES string of the molecule is CO/C(=C\C1CN(S(=O)(=O)c2ccc(OC(F)(F)F)cc2)CCO1)C(=O)O. The molecule has 1 fully saturated rings. The average Bonchev–Trinajstić information content (AvgIpc) is 2.58. The Labute approximate surface area is 152 Å². The van der Waals surface area contributed by atoms with Crippen molar-refractivity contribution in [3.63, 3.8) is 0 Å². The number of aliphatic carboxylic acids is 1. The van der Waals surface area contributed by atoms with Crippen LogP contribution in [0.2, 0.25) is 0 Å². The number of methoxy groups -OCH3 is 1. The standard InChI is InChI=1S/C15H16F3NO7S/c1-24-13(14(20)21)8-11-9-19(6-7-25-11)27(22,23)12-4-2-10(3-5-12)26-15(16,17)18/h2-5,8,11H,6-7,9H2,1H3,(H,20,21)/b13-8-. The molecule has 0 spiro atoms. The lowest BCUT2D eigenvalue weighted by atomic mass is 10.2. The quantitative estimate of drug-likeness (QED) is 0.560. The smallest absolute Gasteiger partial charge is 0.490 e. The topological polar surface area (TPSA) is 102 Å². The van der Waals surface area contributed by atoms with Crippen molar-refractivity contribution in [3.05, 3.63) is 36.1 Å². The fraction of sp³-hybridized carbons (Fsp3) is 0.400. The van der Waals surface area contributed by atoms with E-state index < -0.39 is 40.0 Å². The van der Waals surface area contributed by atoms with Crippen LogP contribution in [0, 0.1) is 0 Å². The number of rotatable bonds is 6. The van der Waals surface area contributed by atoms with Crippen molar-refractivity contribution in [3.8, 4) is 5.75 Å². The second-order valence-corrected chi connectivity index (χ2v) is 7.27. The second-order valence-electron chi connectivity index (χ2n) is 5.33. The molecular weight excluding hydrogens is 395 g/mol. The summed E-state index contributed by atoms with van der Waals surface area (Å²) in [5, 5.41) is 8.94. The molecule has 150 valence electrons. The summed E-state index contributed by atoms with van der Waals surface area (Å²) in [7, 11) is -2.86. The van der Waals surface area contributed by atoms with Crippen LogP contribution >= 0.6 is 0 Å². The monoisotopic (exact) mass is 411 g/mol. The van der Waals surface area contributed by atoms with Gasteiger partial charge in [-0.05, 0) is 30.3 Å². The largest absolute Gasteiger partial charge is 0.573 e. The maximum Gasteiger partial charge on any atom is 0.573 e. The maximum absolute atomic E-state index is 12.7. The van der Waals surface area contributed by atoms with Gasteiger partial charge in [0.05, 0.1) is 24.7 Å². The molecule has 1 N–H and O–H groups in total. The molecule has 12 heteroatoms. The third kappa shape index (κ3) is 5.58.